The largest absolute Gasteiger partial charge is 0.368 e. The lowest BCUT2D eigenvalue weighted by Gasteiger charge is -2.32. The van der Waals surface area contributed by atoms with E-state index >= 15 is 0 Å². The van der Waals surface area contributed by atoms with Crippen LogP contribution in [0.15, 0.2) is 24.5 Å². The van der Waals surface area contributed by atoms with Crippen LogP contribution in [0.2, 0.25) is 0 Å². The number of aromatic nitrogens is 3. The summed E-state index contributed by atoms with van der Waals surface area (Å²) in [4.78, 5) is 15.0. The Morgan fingerprint density at radius 1 is 1.22 bits per heavy atom. The van der Waals surface area contributed by atoms with Gasteiger partial charge in [-0.25, -0.2) is 4.98 Å². The Hall–Kier alpha value is -2.65. The van der Waals surface area contributed by atoms with E-state index in [0.717, 1.165) is 48.6 Å². The van der Waals surface area contributed by atoms with E-state index in [1.54, 1.807) is 12.4 Å². The first-order valence-corrected chi connectivity index (χ1v) is 7.70. The Labute approximate surface area is 135 Å². The fourth-order valence-electron chi connectivity index (χ4n) is 2.64. The van der Waals surface area contributed by atoms with Crippen LogP contribution in [-0.4, -0.2) is 34.1 Å². The minimum absolute atomic E-state index is 0.261. The van der Waals surface area contributed by atoms with Crippen molar-refractivity contribution in [2.45, 2.75) is 25.8 Å². The molecular formula is C17H20N6. The van der Waals surface area contributed by atoms with Gasteiger partial charge in [-0.3, -0.25) is 4.98 Å². The zero-order chi connectivity index (χ0) is 16.2. The number of nitrogen functional groups attached to an aromatic ring is 1. The standard InChI is InChI=1S/C17H20N6/c1-12-15(5-4-13-3-2-8-20-11-13)16(22-17(19)21-12)23-9-6-14(18)7-10-23/h2-3,8,11,14H,6-7,9-10,18H2,1H3,(H2,19,21,22). The highest BCUT2D eigenvalue weighted by Crippen LogP contribution is 2.24. The number of hydrogen-bond acceptors (Lipinski definition) is 6. The van der Waals surface area contributed by atoms with Gasteiger partial charge < -0.3 is 16.4 Å². The van der Waals surface area contributed by atoms with Crippen molar-refractivity contribution in [3.8, 4) is 11.8 Å². The molecular weight excluding hydrogens is 288 g/mol. The second-order valence-corrected chi connectivity index (χ2v) is 5.68. The third-order valence-electron chi connectivity index (χ3n) is 3.92. The average molecular weight is 308 g/mol. The van der Waals surface area contributed by atoms with E-state index in [1.807, 2.05) is 19.1 Å². The summed E-state index contributed by atoms with van der Waals surface area (Å²) in [5.41, 5.74) is 14.3. The Morgan fingerprint density at radius 2 is 2.00 bits per heavy atom. The molecule has 6 nitrogen and oxygen atoms in total. The lowest BCUT2D eigenvalue weighted by Crippen LogP contribution is -2.40. The lowest BCUT2D eigenvalue weighted by atomic mass is 10.1. The summed E-state index contributed by atoms with van der Waals surface area (Å²) in [5, 5.41) is 0. The highest BCUT2D eigenvalue weighted by atomic mass is 15.2. The summed E-state index contributed by atoms with van der Waals surface area (Å²) < 4.78 is 0. The van der Waals surface area contributed by atoms with Gasteiger partial charge in [0, 0.05) is 37.1 Å². The third kappa shape index (κ3) is 3.58. The van der Waals surface area contributed by atoms with Crippen LogP contribution in [0.4, 0.5) is 11.8 Å². The number of nitrogens with zero attached hydrogens (tertiary/aromatic N) is 4. The Balaban J connectivity index is 1.97. The molecule has 0 aliphatic carbocycles. The maximum Gasteiger partial charge on any atom is 0.222 e. The monoisotopic (exact) mass is 308 g/mol. The quantitative estimate of drug-likeness (QED) is 0.766. The minimum Gasteiger partial charge on any atom is -0.368 e. The highest BCUT2D eigenvalue weighted by molar-refractivity contribution is 5.61. The molecule has 1 aliphatic rings. The number of piperidine rings is 1. The number of rotatable bonds is 1. The van der Waals surface area contributed by atoms with E-state index in [0.29, 0.717) is 0 Å². The second kappa shape index (κ2) is 6.63. The molecule has 1 saturated heterocycles. The van der Waals surface area contributed by atoms with E-state index < -0.39 is 0 Å². The first-order chi connectivity index (χ1) is 11.1. The molecule has 0 amide bonds. The summed E-state index contributed by atoms with van der Waals surface area (Å²) in [6, 6.07) is 4.05. The van der Waals surface area contributed by atoms with Gasteiger partial charge in [0.25, 0.3) is 0 Å². The van der Waals surface area contributed by atoms with Crippen molar-refractivity contribution in [3.05, 3.63) is 41.3 Å². The molecule has 0 unspecified atom stereocenters. The highest BCUT2D eigenvalue weighted by Gasteiger charge is 2.21. The van der Waals surface area contributed by atoms with Crippen molar-refractivity contribution in [2.24, 2.45) is 5.73 Å². The van der Waals surface area contributed by atoms with Crippen LogP contribution in [0.25, 0.3) is 0 Å². The van der Waals surface area contributed by atoms with Gasteiger partial charge in [-0.15, -0.1) is 0 Å². The van der Waals surface area contributed by atoms with E-state index in [-0.39, 0.29) is 12.0 Å². The van der Waals surface area contributed by atoms with Gasteiger partial charge in [0.15, 0.2) is 0 Å². The third-order valence-corrected chi connectivity index (χ3v) is 3.92. The molecule has 2 aromatic rings. The Kier molecular flexibility index (Phi) is 4.40. The lowest BCUT2D eigenvalue weighted by molar-refractivity contribution is 0.498. The summed E-state index contributed by atoms with van der Waals surface area (Å²) in [5.74, 6) is 7.40. The molecule has 23 heavy (non-hydrogen) atoms. The van der Waals surface area contributed by atoms with Crippen molar-refractivity contribution in [1.82, 2.24) is 15.0 Å². The molecule has 0 aromatic carbocycles. The second-order valence-electron chi connectivity index (χ2n) is 5.68. The summed E-state index contributed by atoms with van der Waals surface area (Å²) in [6.07, 6.45) is 5.35. The Morgan fingerprint density at radius 3 is 2.70 bits per heavy atom. The van der Waals surface area contributed by atoms with Gasteiger partial charge in [0.2, 0.25) is 5.95 Å². The van der Waals surface area contributed by atoms with Gasteiger partial charge >= 0.3 is 0 Å². The predicted octanol–water partition coefficient (Wildman–Crippen LogP) is 1.09. The van der Waals surface area contributed by atoms with Crippen LogP contribution in [0.1, 0.15) is 29.7 Å². The molecule has 1 fully saturated rings. The SMILES string of the molecule is Cc1nc(N)nc(N2CCC(N)CC2)c1C#Cc1cccnc1. The molecule has 0 bridgehead atoms. The zero-order valence-electron chi connectivity index (χ0n) is 13.2. The first kappa shape index (κ1) is 15.3. The predicted molar refractivity (Wildman–Crippen MR) is 90.8 cm³/mol. The van der Waals surface area contributed by atoms with Crippen LogP contribution in [0.5, 0.6) is 0 Å². The van der Waals surface area contributed by atoms with Crippen LogP contribution in [0, 0.1) is 18.8 Å². The number of hydrogen-bond donors (Lipinski definition) is 2. The van der Waals surface area contributed by atoms with Gasteiger partial charge in [-0.05, 0) is 31.9 Å². The van der Waals surface area contributed by atoms with Crippen molar-refractivity contribution < 1.29 is 0 Å². The van der Waals surface area contributed by atoms with Gasteiger partial charge in [0.1, 0.15) is 5.82 Å². The van der Waals surface area contributed by atoms with E-state index in [1.165, 1.54) is 0 Å². The molecule has 0 saturated carbocycles. The molecule has 3 rings (SSSR count). The number of nitrogens with two attached hydrogens (primary N) is 2. The molecule has 0 atom stereocenters. The number of anilines is 2. The van der Waals surface area contributed by atoms with Crippen molar-refractivity contribution in [1.29, 1.82) is 0 Å². The van der Waals surface area contributed by atoms with Crippen LogP contribution in [0.3, 0.4) is 0 Å². The van der Waals surface area contributed by atoms with E-state index in [4.69, 9.17) is 11.5 Å². The fourth-order valence-corrected chi connectivity index (χ4v) is 2.64. The average Bonchev–Trinajstić information content (AvgIpc) is 2.55. The Bertz CT molecular complexity index is 739. The first-order valence-electron chi connectivity index (χ1n) is 7.70. The van der Waals surface area contributed by atoms with E-state index in [2.05, 4.69) is 31.7 Å². The maximum absolute atomic E-state index is 5.99. The van der Waals surface area contributed by atoms with Crippen LogP contribution < -0.4 is 16.4 Å². The molecule has 0 radical (unpaired) electrons. The smallest absolute Gasteiger partial charge is 0.222 e. The molecule has 6 heteroatoms. The normalized spacial score (nSPS) is 15.1. The molecule has 4 N–H and O–H groups in total. The van der Waals surface area contributed by atoms with Gasteiger partial charge in [0.05, 0.1) is 11.3 Å². The summed E-state index contributed by atoms with van der Waals surface area (Å²) in [7, 11) is 0. The van der Waals surface area contributed by atoms with Gasteiger partial charge in [-0.2, -0.15) is 4.98 Å². The molecule has 3 heterocycles. The molecule has 118 valence electrons. The summed E-state index contributed by atoms with van der Waals surface area (Å²) in [6.45, 7) is 3.63. The van der Waals surface area contributed by atoms with Crippen molar-refractivity contribution in [2.75, 3.05) is 23.7 Å². The zero-order valence-corrected chi connectivity index (χ0v) is 13.2. The molecule has 2 aromatic heterocycles. The molecule has 0 spiro atoms. The number of aryl methyl sites for hydroxylation is 1. The minimum atomic E-state index is 0.261. The summed E-state index contributed by atoms with van der Waals surface area (Å²) >= 11 is 0. The number of pyridine rings is 1. The fraction of sp³-hybridized carbons (Fsp3) is 0.353. The van der Waals surface area contributed by atoms with Gasteiger partial charge in [-0.1, -0.05) is 11.8 Å². The van der Waals surface area contributed by atoms with Crippen molar-refractivity contribution in [3.63, 3.8) is 0 Å². The van der Waals surface area contributed by atoms with Crippen LogP contribution >= 0.6 is 0 Å². The van der Waals surface area contributed by atoms with Crippen molar-refractivity contribution >= 4 is 11.8 Å². The topological polar surface area (TPSA) is 94.0 Å². The van der Waals surface area contributed by atoms with E-state index in [9.17, 15) is 0 Å². The molecule has 1 aliphatic heterocycles. The maximum atomic E-state index is 5.99. The van der Waals surface area contributed by atoms with Crippen LogP contribution in [-0.2, 0) is 0 Å².